The molecule has 1 nitrogen and oxygen atoms in total. The summed E-state index contributed by atoms with van der Waals surface area (Å²) in [6.07, 6.45) is 2.45. The summed E-state index contributed by atoms with van der Waals surface area (Å²) in [6.45, 7) is 5.57. The number of rotatable bonds is 6. The first-order chi connectivity index (χ1) is 7.63. The number of hydrogen-bond donors (Lipinski definition) is 1. The Bertz CT molecular complexity index is 311. The highest BCUT2D eigenvalue weighted by Crippen LogP contribution is 2.16. The molecule has 1 aromatic carbocycles. The number of thiol groups is 1. The molecule has 0 amide bonds. The summed E-state index contributed by atoms with van der Waals surface area (Å²) in [5.41, 5.74) is 2.64. The molecule has 0 spiro atoms. The molecule has 0 aliphatic heterocycles. The summed E-state index contributed by atoms with van der Waals surface area (Å²) in [7, 11) is 2.17. The van der Waals surface area contributed by atoms with Gasteiger partial charge in [0.25, 0.3) is 0 Å². The SMILES string of the molecule is Cc1cccc(N(C)CCC(C)CCS)c1. The van der Waals surface area contributed by atoms with Crippen molar-refractivity contribution in [2.75, 3.05) is 24.2 Å². The van der Waals surface area contributed by atoms with E-state index in [0.29, 0.717) is 0 Å². The molecule has 0 aliphatic rings. The Morgan fingerprint density at radius 2 is 2.06 bits per heavy atom. The second-order valence-corrected chi connectivity index (χ2v) is 5.11. The Kier molecular flexibility index (Phi) is 5.75. The summed E-state index contributed by atoms with van der Waals surface area (Å²) in [5, 5.41) is 0. The van der Waals surface area contributed by atoms with E-state index in [4.69, 9.17) is 0 Å². The highest BCUT2D eigenvalue weighted by molar-refractivity contribution is 7.80. The van der Waals surface area contributed by atoms with Gasteiger partial charge in [-0.05, 0) is 49.1 Å². The van der Waals surface area contributed by atoms with Crippen molar-refractivity contribution in [1.82, 2.24) is 0 Å². The van der Waals surface area contributed by atoms with Crippen molar-refractivity contribution < 1.29 is 0 Å². The van der Waals surface area contributed by atoms with E-state index in [9.17, 15) is 0 Å². The normalized spacial score (nSPS) is 12.5. The maximum absolute atomic E-state index is 4.27. The van der Waals surface area contributed by atoms with E-state index in [2.05, 4.69) is 62.7 Å². The van der Waals surface area contributed by atoms with Crippen LogP contribution in [0.5, 0.6) is 0 Å². The summed E-state index contributed by atoms with van der Waals surface area (Å²) in [5.74, 6) is 1.76. The first kappa shape index (κ1) is 13.4. The third-order valence-electron chi connectivity index (χ3n) is 3.02. The van der Waals surface area contributed by atoms with Crippen LogP contribution >= 0.6 is 12.6 Å². The molecule has 1 unspecified atom stereocenters. The van der Waals surface area contributed by atoms with Crippen LogP contribution in [0.4, 0.5) is 5.69 Å². The Morgan fingerprint density at radius 3 is 2.69 bits per heavy atom. The predicted octanol–water partition coefficient (Wildman–Crippen LogP) is 3.78. The van der Waals surface area contributed by atoms with Crippen molar-refractivity contribution in [3.05, 3.63) is 29.8 Å². The Balaban J connectivity index is 2.43. The van der Waals surface area contributed by atoms with Crippen LogP contribution in [0.3, 0.4) is 0 Å². The van der Waals surface area contributed by atoms with Gasteiger partial charge in [0.05, 0.1) is 0 Å². The zero-order valence-corrected chi connectivity index (χ0v) is 11.5. The molecule has 0 aromatic heterocycles. The van der Waals surface area contributed by atoms with Crippen molar-refractivity contribution in [3.8, 4) is 0 Å². The van der Waals surface area contributed by atoms with E-state index in [1.807, 2.05) is 0 Å². The lowest BCUT2D eigenvalue weighted by molar-refractivity contribution is 0.522. The molecule has 1 rings (SSSR count). The van der Waals surface area contributed by atoms with Crippen LogP contribution in [0.15, 0.2) is 24.3 Å². The van der Waals surface area contributed by atoms with Crippen LogP contribution in [-0.2, 0) is 0 Å². The zero-order chi connectivity index (χ0) is 12.0. The molecule has 0 bridgehead atoms. The van der Waals surface area contributed by atoms with Crippen LogP contribution < -0.4 is 4.90 Å². The predicted molar refractivity (Wildman–Crippen MR) is 76.7 cm³/mol. The number of anilines is 1. The second-order valence-electron chi connectivity index (χ2n) is 4.67. The fraction of sp³-hybridized carbons (Fsp3) is 0.571. The fourth-order valence-corrected chi connectivity index (χ4v) is 2.21. The first-order valence-electron chi connectivity index (χ1n) is 6.02. The third kappa shape index (κ3) is 4.48. The van der Waals surface area contributed by atoms with Gasteiger partial charge in [0.15, 0.2) is 0 Å². The maximum Gasteiger partial charge on any atom is 0.0366 e. The third-order valence-corrected chi connectivity index (χ3v) is 3.28. The van der Waals surface area contributed by atoms with Crippen molar-refractivity contribution in [2.24, 2.45) is 5.92 Å². The van der Waals surface area contributed by atoms with Crippen LogP contribution in [0.1, 0.15) is 25.3 Å². The average Bonchev–Trinajstić information content (AvgIpc) is 2.26. The van der Waals surface area contributed by atoms with Gasteiger partial charge < -0.3 is 4.90 Å². The van der Waals surface area contributed by atoms with Gasteiger partial charge in [-0.15, -0.1) is 0 Å². The zero-order valence-electron chi connectivity index (χ0n) is 10.6. The molecule has 0 radical (unpaired) electrons. The highest BCUT2D eigenvalue weighted by Gasteiger charge is 2.04. The molecule has 0 saturated carbocycles. The van der Waals surface area contributed by atoms with Gasteiger partial charge in [-0.25, -0.2) is 0 Å². The van der Waals surface area contributed by atoms with E-state index < -0.39 is 0 Å². The quantitative estimate of drug-likeness (QED) is 0.737. The van der Waals surface area contributed by atoms with Gasteiger partial charge in [-0.3, -0.25) is 0 Å². The minimum absolute atomic E-state index is 0.768. The van der Waals surface area contributed by atoms with E-state index in [1.165, 1.54) is 24.1 Å². The Labute approximate surface area is 105 Å². The Morgan fingerprint density at radius 1 is 1.31 bits per heavy atom. The lowest BCUT2D eigenvalue weighted by Gasteiger charge is -2.21. The minimum Gasteiger partial charge on any atom is -0.375 e. The van der Waals surface area contributed by atoms with E-state index >= 15 is 0 Å². The minimum atomic E-state index is 0.768. The molecule has 2 heteroatoms. The van der Waals surface area contributed by atoms with E-state index in [1.54, 1.807) is 0 Å². The smallest absolute Gasteiger partial charge is 0.0366 e. The molecular formula is C14H23NS. The molecule has 90 valence electrons. The topological polar surface area (TPSA) is 3.24 Å². The van der Waals surface area contributed by atoms with Crippen LogP contribution in [0.2, 0.25) is 0 Å². The molecule has 0 fully saturated rings. The number of benzene rings is 1. The lowest BCUT2D eigenvalue weighted by Crippen LogP contribution is -2.20. The molecule has 0 saturated heterocycles. The molecule has 16 heavy (non-hydrogen) atoms. The summed E-state index contributed by atoms with van der Waals surface area (Å²) in [6, 6.07) is 8.68. The highest BCUT2D eigenvalue weighted by atomic mass is 32.1. The lowest BCUT2D eigenvalue weighted by atomic mass is 10.0. The van der Waals surface area contributed by atoms with Crippen molar-refractivity contribution in [2.45, 2.75) is 26.7 Å². The van der Waals surface area contributed by atoms with Gasteiger partial charge in [0, 0.05) is 19.3 Å². The molecule has 0 heterocycles. The van der Waals surface area contributed by atoms with Crippen LogP contribution in [-0.4, -0.2) is 19.3 Å². The van der Waals surface area contributed by atoms with Crippen molar-refractivity contribution in [1.29, 1.82) is 0 Å². The van der Waals surface area contributed by atoms with Gasteiger partial charge >= 0.3 is 0 Å². The maximum atomic E-state index is 4.27. The Hall–Kier alpha value is -0.630. The fourth-order valence-electron chi connectivity index (χ4n) is 1.77. The monoisotopic (exact) mass is 237 g/mol. The largest absolute Gasteiger partial charge is 0.375 e. The van der Waals surface area contributed by atoms with Gasteiger partial charge in [0.2, 0.25) is 0 Å². The molecule has 0 aliphatic carbocycles. The van der Waals surface area contributed by atoms with Crippen molar-refractivity contribution in [3.63, 3.8) is 0 Å². The summed E-state index contributed by atoms with van der Waals surface area (Å²) in [4.78, 5) is 2.34. The second kappa shape index (κ2) is 6.85. The average molecular weight is 237 g/mol. The van der Waals surface area contributed by atoms with Crippen LogP contribution in [0.25, 0.3) is 0 Å². The first-order valence-corrected chi connectivity index (χ1v) is 6.65. The standard InChI is InChI=1S/C14H23NS/c1-12(8-10-16)7-9-15(3)14-6-4-5-13(2)11-14/h4-6,11-12,16H,7-10H2,1-3H3. The van der Waals surface area contributed by atoms with Crippen molar-refractivity contribution >= 4 is 18.3 Å². The van der Waals surface area contributed by atoms with Gasteiger partial charge in [0.1, 0.15) is 0 Å². The van der Waals surface area contributed by atoms with E-state index in [-0.39, 0.29) is 0 Å². The summed E-state index contributed by atoms with van der Waals surface area (Å²) < 4.78 is 0. The van der Waals surface area contributed by atoms with E-state index in [0.717, 1.165) is 18.2 Å². The van der Waals surface area contributed by atoms with Gasteiger partial charge in [-0.2, -0.15) is 12.6 Å². The molecule has 0 N–H and O–H groups in total. The molecule has 1 aromatic rings. The number of hydrogen-bond acceptors (Lipinski definition) is 2. The van der Waals surface area contributed by atoms with Crippen LogP contribution in [0, 0.1) is 12.8 Å². The van der Waals surface area contributed by atoms with Gasteiger partial charge in [-0.1, -0.05) is 19.1 Å². The summed E-state index contributed by atoms with van der Waals surface area (Å²) >= 11 is 4.27. The number of aryl methyl sites for hydroxylation is 1. The molecular weight excluding hydrogens is 214 g/mol. The molecule has 1 atom stereocenters. The number of nitrogens with zero attached hydrogens (tertiary/aromatic N) is 1.